The fourth-order valence-electron chi connectivity index (χ4n) is 1.83. The lowest BCUT2D eigenvalue weighted by atomic mass is 10.3. The molecular weight excluding hydrogens is 248 g/mol. The van der Waals surface area contributed by atoms with Crippen LogP contribution in [0.4, 0.5) is 4.79 Å². The monoisotopic (exact) mass is 266 g/mol. The average Bonchev–Trinajstić information content (AvgIpc) is 3.07. The number of carboxylic acids is 1. The first-order valence-electron chi connectivity index (χ1n) is 6.27. The Bertz CT molecular complexity index is 467. The minimum atomic E-state index is -0.993. The van der Waals surface area contributed by atoms with E-state index in [0.29, 0.717) is 19.0 Å². The van der Waals surface area contributed by atoms with Gasteiger partial charge in [-0.05, 0) is 18.8 Å². The van der Waals surface area contributed by atoms with Crippen LogP contribution in [0.15, 0.2) is 12.4 Å². The molecule has 0 aliphatic heterocycles. The Balaban J connectivity index is 1.87. The summed E-state index contributed by atoms with van der Waals surface area (Å²) in [5, 5.41) is 11.5. The van der Waals surface area contributed by atoms with Crippen molar-refractivity contribution in [2.45, 2.75) is 19.4 Å². The van der Waals surface area contributed by atoms with E-state index in [1.807, 2.05) is 11.6 Å². The fourth-order valence-corrected chi connectivity index (χ4v) is 1.83. The number of carbonyl (C=O) groups is 2. The number of hydrogen-bond acceptors (Lipinski definition) is 3. The Hall–Kier alpha value is -2.05. The number of carbonyl (C=O) groups excluding carboxylic acids is 1. The van der Waals surface area contributed by atoms with Crippen LogP contribution in [0.5, 0.6) is 0 Å². The van der Waals surface area contributed by atoms with Crippen molar-refractivity contribution in [1.82, 2.24) is 19.8 Å². The highest BCUT2D eigenvalue weighted by Crippen LogP contribution is 2.29. The molecule has 104 valence electrons. The molecule has 0 saturated heterocycles. The van der Waals surface area contributed by atoms with Crippen molar-refractivity contribution in [2.24, 2.45) is 13.0 Å². The summed E-state index contributed by atoms with van der Waals surface area (Å²) >= 11 is 0. The van der Waals surface area contributed by atoms with Crippen molar-refractivity contribution in [3.63, 3.8) is 0 Å². The van der Waals surface area contributed by atoms with Crippen LogP contribution in [0.3, 0.4) is 0 Å². The van der Waals surface area contributed by atoms with Gasteiger partial charge in [-0.15, -0.1) is 0 Å². The Morgan fingerprint density at radius 3 is 2.84 bits per heavy atom. The summed E-state index contributed by atoms with van der Waals surface area (Å²) in [5.74, 6) is 0.195. The molecule has 1 aliphatic rings. The van der Waals surface area contributed by atoms with Gasteiger partial charge in [0.2, 0.25) is 0 Å². The number of aryl methyl sites for hydroxylation is 1. The summed E-state index contributed by atoms with van der Waals surface area (Å²) in [6.07, 6.45) is 5.59. The van der Waals surface area contributed by atoms with E-state index >= 15 is 0 Å². The minimum absolute atomic E-state index is 0.261. The number of imidazole rings is 1. The Morgan fingerprint density at radius 1 is 1.58 bits per heavy atom. The predicted molar refractivity (Wildman–Crippen MR) is 67.4 cm³/mol. The number of urea groups is 1. The maximum atomic E-state index is 12.0. The quantitative estimate of drug-likeness (QED) is 0.781. The van der Waals surface area contributed by atoms with E-state index in [2.05, 4.69) is 10.3 Å². The fraction of sp³-hybridized carbons (Fsp3) is 0.583. The molecule has 2 N–H and O–H groups in total. The summed E-state index contributed by atoms with van der Waals surface area (Å²) < 4.78 is 1.81. The molecule has 0 spiro atoms. The second-order valence-corrected chi connectivity index (χ2v) is 4.83. The first kappa shape index (κ1) is 13.4. The number of rotatable bonds is 6. The van der Waals surface area contributed by atoms with Gasteiger partial charge in [-0.2, -0.15) is 0 Å². The van der Waals surface area contributed by atoms with Crippen LogP contribution in [-0.4, -0.2) is 44.6 Å². The Kier molecular flexibility index (Phi) is 4.03. The number of aliphatic carboxylic acids is 1. The summed E-state index contributed by atoms with van der Waals surface area (Å²) in [6, 6.07) is -0.350. The van der Waals surface area contributed by atoms with E-state index in [9.17, 15) is 9.59 Å². The molecule has 0 radical (unpaired) electrons. The van der Waals surface area contributed by atoms with Gasteiger partial charge in [-0.1, -0.05) is 0 Å². The number of nitrogens with zero attached hydrogens (tertiary/aromatic N) is 3. The molecule has 2 amide bonds. The molecular formula is C12H18N4O3. The summed E-state index contributed by atoms with van der Waals surface area (Å²) in [7, 11) is 1.84. The summed E-state index contributed by atoms with van der Waals surface area (Å²) in [5.41, 5.74) is 0. The van der Waals surface area contributed by atoms with Gasteiger partial charge in [-0.3, -0.25) is 4.79 Å². The standard InChI is InChI=1S/C12H18N4O3/c1-15-5-4-13-10(15)6-14-12(19)16(8-11(17)18)7-9-2-3-9/h4-5,9H,2-3,6-8H2,1H3,(H,14,19)(H,17,18). The lowest BCUT2D eigenvalue weighted by Gasteiger charge is -2.20. The molecule has 1 fully saturated rings. The van der Waals surface area contributed by atoms with Gasteiger partial charge >= 0.3 is 12.0 Å². The normalized spacial score (nSPS) is 14.2. The van der Waals surface area contributed by atoms with Crippen molar-refractivity contribution < 1.29 is 14.7 Å². The zero-order chi connectivity index (χ0) is 13.8. The lowest BCUT2D eigenvalue weighted by molar-refractivity contribution is -0.137. The zero-order valence-electron chi connectivity index (χ0n) is 10.9. The molecule has 1 aromatic heterocycles. The second-order valence-electron chi connectivity index (χ2n) is 4.83. The van der Waals surface area contributed by atoms with Gasteiger partial charge < -0.3 is 19.9 Å². The molecule has 1 aliphatic carbocycles. The van der Waals surface area contributed by atoms with Gasteiger partial charge in [0.25, 0.3) is 0 Å². The van der Waals surface area contributed by atoms with Crippen LogP contribution in [0.1, 0.15) is 18.7 Å². The van der Waals surface area contributed by atoms with E-state index in [1.165, 1.54) is 4.90 Å². The highest BCUT2D eigenvalue weighted by Gasteiger charge is 2.27. The number of aromatic nitrogens is 2. The van der Waals surface area contributed by atoms with Gasteiger partial charge in [0.1, 0.15) is 12.4 Å². The van der Waals surface area contributed by atoms with Crippen molar-refractivity contribution >= 4 is 12.0 Å². The van der Waals surface area contributed by atoms with Gasteiger partial charge in [0, 0.05) is 26.0 Å². The van der Waals surface area contributed by atoms with Crippen LogP contribution in [0.2, 0.25) is 0 Å². The van der Waals surface area contributed by atoms with Crippen LogP contribution >= 0.6 is 0 Å². The van der Waals surface area contributed by atoms with Crippen molar-refractivity contribution in [1.29, 1.82) is 0 Å². The topological polar surface area (TPSA) is 87.5 Å². The summed E-state index contributed by atoms with van der Waals surface area (Å²) in [6.45, 7) is 0.546. The zero-order valence-corrected chi connectivity index (χ0v) is 10.9. The number of nitrogens with one attached hydrogen (secondary N) is 1. The van der Waals surface area contributed by atoms with Crippen molar-refractivity contribution in [3.8, 4) is 0 Å². The van der Waals surface area contributed by atoms with Crippen LogP contribution in [0.25, 0.3) is 0 Å². The molecule has 0 aromatic carbocycles. The third-order valence-corrected chi connectivity index (χ3v) is 3.11. The lowest BCUT2D eigenvalue weighted by Crippen LogP contribution is -2.43. The highest BCUT2D eigenvalue weighted by molar-refractivity contribution is 5.80. The second kappa shape index (κ2) is 5.73. The van der Waals surface area contributed by atoms with Crippen LogP contribution < -0.4 is 5.32 Å². The third-order valence-electron chi connectivity index (χ3n) is 3.11. The Morgan fingerprint density at radius 2 is 2.32 bits per heavy atom. The summed E-state index contributed by atoms with van der Waals surface area (Å²) in [4.78, 5) is 28.2. The van der Waals surface area contributed by atoms with Crippen LogP contribution in [-0.2, 0) is 18.4 Å². The van der Waals surface area contributed by atoms with E-state index in [1.54, 1.807) is 12.4 Å². The molecule has 1 heterocycles. The molecule has 0 unspecified atom stereocenters. The number of carboxylic acid groups (broad SMARTS) is 1. The minimum Gasteiger partial charge on any atom is -0.480 e. The van der Waals surface area contributed by atoms with Crippen molar-refractivity contribution in [2.75, 3.05) is 13.1 Å². The SMILES string of the molecule is Cn1ccnc1CNC(=O)N(CC(=O)O)CC1CC1. The molecule has 7 nitrogen and oxygen atoms in total. The number of hydrogen-bond donors (Lipinski definition) is 2. The maximum Gasteiger partial charge on any atom is 0.323 e. The molecule has 0 atom stereocenters. The molecule has 7 heteroatoms. The van der Waals surface area contributed by atoms with E-state index in [-0.39, 0.29) is 12.6 Å². The van der Waals surface area contributed by atoms with Crippen molar-refractivity contribution in [3.05, 3.63) is 18.2 Å². The van der Waals surface area contributed by atoms with Crippen LogP contribution in [0, 0.1) is 5.92 Å². The molecule has 1 saturated carbocycles. The average molecular weight is 266 g/mol. The first-order chi connectivity index (χ1) is 9.06. The van der Waals surface area contributed by atoms with Gasteiger partial charge in [0.05, 0.1) is 6.54 Å². The van der Waals surface area contributed by atoms with Gasteiger partial charge in [-0.25, -0.2) is 9.78 Å². The molecule has 1 aromatic rings. The third kappa shape index (κ3) is 3.97. The molecule has 2 rings (SSSR count). The van der Waals surface area contributed by atoms with Gasteiger partial charge in [0.15, 0.2) is 0 Å². The molecule has 19 heavy (non-hydrogen) atoms. The molecule has 0 bridgehead atoms. The van der Waals surface area contributed by atoms with E-state index < -0.39 is 5.97 Å². The highest BCUT2D eigenvalue weighted by atomic mass is 16.4. The smallest absolute Gasteiger partial charge is 0.323 e. The number of amides is 2. The predicted octanol–water partition coefficient (Wildman–Crippen LogP) is 0.426. The first-order valence-corrected chi connectivity index (χ1v) is 6.27. The maximum absolute atomic E-state index is 12.0. The van der Waals surface area contributed by atoms with E-state index in [0.717, 1.165) is 18.7 Å². The van der Waals surface area contributed by atoms with E-state index in [4.69, 9.17) is 5.11 Å². The Labute approximate surface area is 111 Å². The largest absolute Gasteiger partial charge is 0.480 e.